The molecule has 2 aromatic heterocycles. The number of rotatable bonds is 1. The fourth-order valence-corrected chi connectivity index (χ4v) is 1.88. The van der Waals surface area contributed by atoms with Crippen molar-refractivity contribution >= 4 is 17.2 Å². The number of halogens is 1. The summed E-state index contributed by atoms with van der Waals surface area (Å²) >= 11 is 5.85. The van der Waals surface area contributed by atoms with E-state index in [1.165, 1.54) is 0 Å². The van der Waals surface area contributed by atoms with Crippen LogP contribution in [0.2, 0.25) is 5.02 Å². The second-order valence-corrected chi connectivity index (χ2v) is 4.22. The standard InChI is InChI=1S/C13H7ClN4/c14-11-4-2-10(3-5-11)13-17-16-12-6-1-9(7-15)8-18(12)13/h1-6,8H. The van der Waals surface area contributed by atoms with Crippen LogP contribution in [0.25, 0.3) is 17.0 Å². The Morgan fingerprint density at radius 2 is 1.83 bits per heavy atom. The van der Waals surface area contributed by atoms with E-state index in [1.807, 2.05) is 12.1 Å². The molecule has 0 aliphatic rings. The van der Waals surface area contributed by atoms with Crippen LogP contribution in [0.15, 0.2) is 42.6 Å². The van der Waals surface area contributed by atoms with Crippen molar-refractivity contribution in [1.82, 2.24) is 14.6 Å². The molecule has 1 aromatic carbocycles. The first kappa shape index (κ1) is 10.8. The lowest BCUT2D eigenvalue weighted by Crippen LogP contribution is -1.90. The molecule has 0 spiro atoms. The predicted octanol–water partition coefficient (Wildman–Crippen LogP) is 2.92. The number of fused-ring (bicyclic) bond motifs is 1. The largest absolute Gasteiger partial charge is 0.281 e. The van der Waals surface area contributed by atoms with Crippen LogP contribution in [0.3, 0.4) is 0 Å². The molecule has 86 valence electrons. The van der Waals surface area contributed by atoms with Crippen molar-refractivity contribution in [3.05, 3.63) is 53.2 Å². The second-order valence-electron chi connectivity index (χ2n) is 3.79. The van der Waals surface area contributed by atoms with E-state index in [1.54, 1.807) is 34.9 Å². The molecule has 0 unspecified atom stereocenters. The molecule has 0 aliphatic carbocycles. The number of nitriles is 1. The first-order valence-electron chi connectivity index (χ1n) is 5.29. The van der Waals surface area contributed by atoms with Crippen molar-refractivity contribution < 1.29 is 0 Å². The van der Waals surface area contributed by atoms with Crippen LogP contribution in [0.5, 0.6) is 0 Å². The smallest absolute Gasteiger partial charge is 0.168 e. The molecule has 0 atom stereocenters. The van der Waals surface area contributed by atoms with Gasteiger partial charge >= 0.3 is 0 Å². The van der Waals surface area contributed by atoms with Gasteiger partial charge in [0.25, 0.3) is 0 Å². The number of nitrogens with zero attached hydrogens (tertiary/aromatic N) is 4. The number of pyridine rings is 1. The van der Waals surface area contributed by atoms with Gasteiger partial charge in [-0.05, 0) is 36.4 Å². The van der Waals surface area contributed by atoms with Crippen molar-refractivity contribution in [3.63, 3.8) is 0 Å². The summed E-state index contributed by atoms with van der Waals surface area (Å²) < 4.78 is 1.79. The molecular weight excluding hydrogens is 248 g/mol. The fraction of sp³-hybridized carbons (Fsp3) is 0. The number of hydrogen-bond acceptors (Lipinski definition) is 3. The maximum atomic E-state index is 8.91. The van der Waals surface area contributed by atoms with Gasteiger partial charge in [0.2, 0.25) is 0 Å². The summed E-state index contributed by atoms with van der Waals surface area (Å²) in [5, 5.41) is 17.8. The van der Waals surface area contributed by atoms with Gasteiger partial charge in [0.15, 0.2) is 11.5 Å². The Balaban J connectivity index is 2.23. The molecular formula is C13H7ClN4. The monoisotopic (exact) mass is 254 g/mol. The summed E-state index contributed by atoms with van der Waals surface area (Å²) in [6.07, 6.45) is 1.72. The lowest BCUT2D eigenvalue weighted by Gasteiger charge is -2.00. The minimum atomic E-state index is 0.567. The maximum absolute atomic E-state index is 8.91. The van der Waals surface area contributed by atoms with Crippen molar-refractivity contribution in [1.29, 1.82) is 5.26 Å². The summed E-state index contributed by atoms with van der Waals surface area (Å²) in [7, 11) is 0. The van der Waals surface area contributed by atoms with Crippen molar-refractivity contribution in [3.8, 4) is 17.5 Å². The first-order valence-corrected chi connectivity index (χ1v) is 5.66. The number of benzene rings is 1. The van der Waals surface area contributed by atoms with E-state index in [4.69, 9.17) is 16.9 Å². The predicted molar refractivity (Wildman–Crippen MR) is 68.1 cm³/mol. The molecule has 0 bridgehead atoms. The first-order chi connectivity index (χ1) is 8.78. The Morgan fingerprint density at radius 1 is 1.06 bits per heavy atom. The summed E-state index contributed by atoms with van der Waals surface area (Å²) in [5.41, 5.74) is 2.18. The zero-order chi connectivity index (χ0) is 12.5. The lowest BCUT2D eigenvalue weighted by molar-refractivity contribution is 1.11. The molecule has 0 N–H and O–H groups in total. The second kappa shape index (κ2) is 4.13. The third-order valence-electron chi connectivity index (χ3n) is 2.63. The molecule has 0 radical (unpaired) electrons. The highest BCUT2D eigenvalue weighted by Crippen LogP contribution is 2.20. The van der Waals surface area contributed by atoms with E-state index in [0.29, 0.717) is 22.1 Å². The fourth-order valence-electron chi connectivity index (χ4n) is 1.75. The van der Waals surface area contributed by atoms with Crippen molar-refractivity contribution in [2.45, 2.75) is 0 Å². The Kier molecular flexibility index (Phi) is 2.47. The van der Waals surface area contributed by atoms with Gasteiger partial charge in [-0.1, -0.05) is 11.6 Å². The summed E-state index contributed by atoms with van der Waals surface area (Å²) in [6, 6.07) is 12.9. The Bertz CT molecular complexity index is 753. The van der Waals surface area contributed by atoms with E-state index in [0.717, 1.165) is 5.56 Å². The summed E-state index contributed by atoms with van der Waals surface area (Å²) in [6.45, 7) is 0. The summed E-state index contributed by atoms with van der Waals surface area (Å²) in [5.74, 6) is 0.693. The molecule has 3 rings (SSSR count). The molecule has 0 saturated carbocycles. The lowest BCUT2D eigenvalue weighted by atomic mass is 10.2. The Morgan fingerprint density at radius 3 is 2.56 bits per heavy atom. The molecule has 0 amide bonds. The highest BCUT2D eigenvalue weighted by Gasteiger charge is 2.08. The average Bonchev–Trinajstić information content (AvgIpc) is 2.82. The van der Waals surface area contributed by atoms with E-state index in [9.17, 15) is 0 Å². The molecule has 2 heterocycles. The van der Waals surface area contributed by atoms with Crippen molar-refractivity contribution in [2.75, 3.05) is 0 Å². The maximum Gasteiger partial charge on any atom is 0.168 e. The normalized spacial score (nSPS) is 10.4. The Hall–Kier alpha value is -2.38. The van der Waals surface area contributed by atoms with E-state index >= 15 is 0 Å². The van der Waals surface area contributed by atoms with Gasteiger partial charge in [-0.2, -0.15) is 5.26 Å². The Labute approximate surface area is 108 Å². The third kappa shape index (κ3) is 1.71. The van der Waals surface area contributed by atoms with E-state index < -0.39 is 0 Å². The van der Waals surface area contributed by atoms with Gasteiger partial charge in [0.05, 0.1) is 5.56 Å². The van der Waals surface area contributed by atoms with Crippen LogP contribution in [0.4, 0.5) is 0 Å². The van der Waals surface area contributed by atoms with Gasteiger partial charge in [-0.3, -0.25) is 4.40 Å². The van der Waals surface area contributed by atoms with Gasteiger partial charge in [0.1, 0.15) is 6.07 Å². The zero-order valence-electron chi connectivity index (χ0n) is 9.21. The minimum absolute atomic E-state index is 0.567. The molecule has 3 aromatic rings. The van der Waals surface area contributed by atoms with Crippen LogP contribution in [-0.4, -0.2) is 14.6 Å². The molecule has 5 heteroatoms. The molecule has 18 heavy (non-hydrogen) atoms. The van der Waals surface area contributed by atoms with E-state index in [-0.39, 0.29) is 0 Å². The van der Waals surface area contributed by atoms with Gasteiger partial charge < -0.3 is 0 Å². The topological polar surface area (TPSA) is 54.0 Å². The minimum Gasteiger partial charge on any atom is -0.281 e. The highest BCUT2D eigenvalue weighted by atomic mass is 35.5. The number of hydrogen-bond donors (Lipinski definition) is 0. The average molecular weight is 255 g/mol. The van der Waals surface area contributed by atoms with Gasteiger partial charge in [-0.15, -0.1) is 10.2 Å². The number of aromatic nitrogens is 3. The van der Waals surface area contributed by atoms with Crippen molar-refractivity contribution in [2.24, 2.45) is 0 Å². The summed E-state index contributed by atoms with van der Waals surface area (Å²) in [4.78, 5) is 0. The van der Waals surface area contributed by atoms with Crippen LogP contribution >= 0.6 is 11.6 Å². The van der Waals surface area contributed by atoms with Crippen LogP contribution in [-0.2, 0) is 0 Å². The molecule has 0 saturated heterocycles. The van der Waals surface area contributed by atoms with E-state index in [2.05, 4.69) is 16.3 Å². The molecule has 0 fully saturated rings. The van der Waals surface area contributed by atoms with Crippen LogP contribution < -0.4 is 0 Å². The third-order valence-corrected chi connectivity index (χ3v) is 2.89. The zero-order valence-corrected chi connectivity index (χ0v) is 9.96. The SMILES string of the molecule is N#Cc1ccc2nnc(-c3ccc(Cl)cc3)n2c1. The van der Waals surface area contributed by atoms with Crippen LogP contribution in [0, 0.1) is 11.3 Å². The molecule has 4 nitrogen and oxygen atoms in total. The van der Waals surface area contributed by atoms with Gasteiger partial charge in [-0.25, -0.2) is 0 Å². The quantitative estimate of drug-likeness (QED) is 0.671. The van der Waals surface area contributed by atoms with Gasteiger partial charge in [0, 0.05) is 16.8 Å². The highest BCUT2D eigenvalue weighted by molar-refractivity contribution is 6.30. The molecule has 0 aliphatic heterocycles. The van der Waals surface area contributed by atoms with Crippen LogP contribution in [0.1, 0.15) is 5.56 Å².